The minimum absolute atomic E-state index is 0.0502. The minimum atomic E-state index is -0.489. The summed E-state index contributed by atoms with van der Waals surface area (Å²) in [6.07, 6.45) is 0.168. The Morgan fingerprint density at radius 1 is 1.09 bits per heavy atom. The Morgan fingerprint density at radius 2 is 1.68 bits per heavy atom. The second-order valence-corrected chi connectivity index (χ2v) is 6.14. The van der Waals surface area contributed by atoms with Crippen molar-refractivity contribution in [2.75, 3.05) is 14.2 Å². The molecule has 0 spiro atoms. The predicted octanol–water partition coefficient (Wildman–Crippen LogP) is 2.97. The van der Waals surface area contributed by atoms with Gasteiger partial charge in [-0.3, -0.25) is 4.79 Å². The molecule has 0 radical (unpaired) electrons. The van der Waals surface area contributed by atoms with Crippen LogP contribution in [0.15, 0.2) is 27.4 Å². The van der Waals surface area contributed by atoms with Crippen LogP contribution in [0.1, 0.15) is 26.3 Å². The van der Waals surface area contributed by atoms with E-state index in [1.165, 1.54) is 20.3 Å². The van der Waals surface area contributed by atoms with Crippen LogP contribution in [0.25, 0.3) is 11.0 Å². The summed E-state index contributed by atoms with van der Waals surface area (Å²) in [6.45, 7) is 5.56. The average Bonchev–Trinajstić information content (AvgIpc) is 2.44. The molecule has 0 saturated carbocycles. The molecule has 0 unspecified atom stereocenters. The number of ether oxygens (including phenoxy) is 2. The van der Waals surface area contributed by atoms with Crippen LogP contribution >= 0.6 is 0 Å². The second-order valence-electron chi connectivity index (χ2n) is 6.14. The van der Waals surface area contributed by atoms with Gasteiger partial charge in [-0.1, -0.05) is 20.8 Å². The summed E-state index contributed by atoms with van der Waals surface area (Å²) in [7, 11) is 3.04. The molecule has 22 heavy (non-hydrogen) atoms. The molecule has 0 saturated heterocycles. The van der Waals surface area contributed by atoms with Gasteiger partial charge in [-0.15, -0.1) is 0 Å². The molecular weight excluding hydrogens is 284 g/mol. The number of hydrogen-bond donors (Lipinski definition) is 0. The molecule has 0 amide bonds. The number of Topliss-reactive ketones (excluding diaryl/α,β-unsaturated/α-hetero) is 1. The van der Waals surface area contributed by atoms with Crippen molar-refractivity contribution in [2.24, 2.45) is 5.41 Å². The monoisotopic (exact) mass is 304 g/mol. The van der Waals surface area contributed by atoms with Gasteiger partial charge in [0.1, 0.15) is 11.4 Å². The van der Waals surface area contributed by atoms with Gasteiger partial charge in [-0.05, 0) is 11.6 Å². The first-order valence-corrected chi connectivity index (χ1v) is 6.98. The largest absolute Gasteiger partial charge is 0.493 e. The third-order valence-corrected chi connectivity index (χ3v) is 3.52. The number of benzene rings is 1. The number of fused-ring (bicyclic) bond motifs is 1. The fourth-order valence-electron chi connectivity index (χ4n) is 2.14. The van der Waals surface area contributed by atoms with Crippen molar-refractivity contribution in [2.45, 2.75) is 27.2 Å². The van der Waals surface area contributed by atoms with Gasteiger partial charge in [0.2, 0.25) is 0 Å². The van der Waals surface area contributed by atoms with Crippen LogP contribution in [-0.4, -0.2) is 20.0 Å². The standard InChI is InChI=1S/C17H20O5/c1-17(2,3)15(18)6-10-7-16(19)22-12-9-14(21-5)13(20-4)8-11(10)12/h7-9H,6H2,1-5H3. The third kappa shape index (κ3) is 3.13. The molecule has 0 aliphatic heterocycles. The van der Waals surface area contributed by atoms with E-state index in [2.05, 4.69) is 0 Å². The zero-order valence-electron chi connectivity index (χ0n) is 13.5. The Balaban J connectivity index is 2.63. The quantitative estimate of drug-likeness (QED) is 0.812. The van der Waals surface area contributed by atoms with Gasteiger partial charge in [-0.2, -0.15) is 0 Å². The Hall–Kier alpha value is -2.30. The van der Waals surface area contributed by atoms with Crippen LogP contribution < -0.4 is 15.1 Å². The highest BCUT2D eigenvalue weighted by atomic mass is 16.5. The molecule has 1 aromatic carbocycles. The molecular formula is C17H20O5. The van der Waals surface area contributed by atoms with Gasteiger partial charge >= 0.3 is 5.63 Å². The number of methoxy groups -OCH3 is 2. The van der Waals surface area contributed by atoms with E-state index >= 15 is 0 Å². The van der Waals surface area contributed by atoms with E-state index in [0.29, 0.717) is 28.0 Å². The Morgan fingerprint density at radius 3 is 2.23 bits per heavy atom. The number of rotatable bonds is 4. The van der Waals surface area contributed by atoms with E-state index < -0.39 is 11.0 Å². The zero-order chi connectivity index (χ0) is 16.5. The summed E-state index contributed by atoms with van der Waals surface area (Å²) in [5.41, 5.74) is 0.0456. The molecule has 0 bridgehead atoms. The van der Waals surface area contributed by atoms with E-state index in [1.54, 1.807) is 12.1 Å². The molecule has 0 aliphatic carbocycles. The molecule has 118 valence electrons. The second kappa shape index (κ2) is 5.83. The van der Waals surface area contributed by atoms with Crippen LogP contribution in [0.4, 0.5) is 0 Å². The van der Waals surface area contributed by atoms with Gasteiger partial charge < -0.3 is 13.9 Å². The highest BCUT2D eigenvalue weighted by molar-refractivity contribution is 5.91. The molecule has 5 nitrogen and oxygen atoms in total. The van der Waals surface area contributed by atoms with Crippen LogP contribution in [0.5, 0.6) is 11.5 Å². The van der Waals surface area contributed by atoms with Crippen LogP contribution in [-0.2, 0) is 11.2 Å². The van der Waals surface area contributed by atoms with Crippen molar-refractivity contribution in [3.05, 3.63) is 34.2 Å². The molecule has 1 heterocycles. The fraction of sp³-hybridized carbons (Fsp3) is 0.412. The maximum Gasteiger partial charge on any atom is 0.336 e. The molecule has 0 fully saturated rings. The molecule has 0 atom stereocenters. The summed E-state index contributed by atoms with van der Waals surface area (Å²) in [5.74, 6) is 1.04. The summed E-state index contributed by atoms with van der Waals surface area (Å²) in [4.78, 5) is 24.0. The molecule has 0 aliphatic rings. The Kier molecular flexibility index (Phi) is 4.26. The Bertz CT molecular complexity index is 765. The summed E-state index contributed by atoms with van der Waals surface area (Å²) in [6, 6.07) is 4.68. The van der Waals surface area contributed by atoms with E-state index in [4.69, 9.17) is 13.9 Å². The zero-order valence-corrected chi connectivity index (χ0v) is 13.5. The van der Waals surface area contributed by atoms with Gasteiger partial charge in [-0.25, -0.2) is 4.79 Å². The van der Waals surface area contributed by atoms with Crippen molar-refractivity contribution in [3.63, 3.8) is 0 Å². The van der Waals surface area contributed by atoms with Crippen LogP contribution in [0.3, 0.4) is 0 Å². The Labute approximate surface area is 128 Å². The van der Waals surface area contributed by atoms with Crippen LogP contribution in [0.2, 0.25) is 0 Å². The van der Waals surface area contributed by atoms with E-state index in [-0.39, 0.29) is 12.2 Å². The smallest absolute Gasteiger partial charge is 0.336 e. The summed E-state index contributed by atoms with van der Waals surface area (Å²) in [5, 5.41) is 0.676. The van der Waals surface area contributed by atoms with Gasteiger partial charge in [0, 0.05) is 29.4 Å². The highest BCUT2D eigenvalue weighted by Crippen LogP contribution is 2.33. The fourth-order valence-corrected chi connectivity index (χ4v) is 2.14. The lowest BCUT2D eigenvalue weighted by molar-refractivity contribution is -0.125. The number of carbonyl (C=O) groups is 1. The summed E-state index contributed by atoms with van der Waals surface area (Å²) >= 11 is 0. The number of carbonyl (C=O) groups excluding carboxylic acids is 1. The lowest BCUT2D eigenvalue weighted by atomic mass is 9.86. The molecule has 2 rings (SSSR count). The topological polar surface area (TPSA) is 65.7 Å². The maximum atomic E-state index is 12.3. The highest BCUT2D eigenvalue weighted by Gasteiger charge is 2.23. The van der Waals surface area contributed by atoms with Gasteiger partial charge in [0.25, 0.3) is 0 Å². The number of hydrogen-bond acceptors (Lipinski definition) is 5. The lowest BCUT2D eigenvalue weighted by Crippen LogP contribution is -2.22. The van der Waals surface area contributed by atoms with Crippen molar-refractivity contribution >= 4 is 16.8 Å². The van der Waals surface area contributed by atoms with Crippen LogP contribution in [0, 0.1) is 5.41 Å². The first-order chi connectivity index (χ1) is 10.3. The molecule has 5 heteroatoms. The first-order valence-electron chi connectivity index (χ1n) is 6.98. The van der Waals surface area contributed by atoms with E-state index in [1.807, 2.05) is 20.8 Å². The first kappa shape index (κ1) is 16.1. The number of ketones is 1. The van der Waals surface area contributed by atoms with Crippen molar-refractivity contribution < 1.29 is 18.7 Å². The van der Waals surface area contributed by atoms with Crippen molar-refractivity contribution in [1.82, 2.24) is 0 Å². The van der Waals surface area contributed by atoms with E-state index in [0.717, 1.165) is 0 Å². The van der Waals surface area contributed by atoms with Crippen molar-refractivity contribution in [1.29, 1.82) is 0 Å². The third-order valence-electron chi connectivity index (χ3n) is 3.52. The summed E-state index contributed by atoms with van der Waals surface area (Å²) < 4.78 is 15.7. The van der Waals surface area contributed by atoms with Gasteiger partial charge in [0.05, 0.1) is 14.2 Å². The predicted molar refractivity (Wildman–Crippen MR) is 83.8 cm³/mol. The SMILES string of the molecule is COc1cc2oc(=O)cc(CC(=O)C(C)(C)C)c2cc1OC. The lowest BCUT2D eigenvalue weighted by Gasteiger charge is -2.17. The molecule has 0 N–H and O–H groups in total. The minimum Gasteiger partial charge on any atom is -0.493 e. The maximum absolute atomic E-state index is 12.3. The van der Waals surface area contributed by atoms with E-state index in [9.17, 15) is 9.59 Å². The molecule has 1 aromatic heterocycles. The van der Waals surface area contributed by atoms with Crippen molar-refractivity contribution in [3.8, 4) is 11.5 Å². The molecule has 2 aromatic rings. The van der Waals surface area contributed by atoms with Gasteiger partial charge in [0.15, 0.2) is 11.5 Å². The average molecular weight is 304 g/mol. The normalized spacial score (nSPS) is 11.5.